The third kappa shape index (κ3) is 124. The van der Waals surface area contributed by atoms with Crippen molar-refractivity contribution < 1.29 is 71.3 Å². The summed E-state index contributed by atoms with van der Waals surface area (Å²) in [5.74, 6) is 0. The minimum Gasteiger partial charge on any atom is -0.894 e. The van der Waals surface area contributed by atoms with Crippen molar-refractivity contribution in [3.63, 3.8) is 0 Å². The third-order valence-electron chi connectivity index (χ3n) is 0. The zero-order valence-electron chi connectivity index (χ0n) is 3.78. The molecule has 0 atom stereocenters. The van der Waals surface area contributed by atoms with Gasteiger partial charge in [0, 0.05) is 0 Å². The molecule has 0 heterocycles. The molecule has 1 radical (unpaired) electrons. The van der Waals surface area contributed by atoms with Crippen molar-refractivity contribution >= 4 is 9.05 Å². The largest absolute Gasteiger partial charge is 2.00 e. The van der Waals surface area contributed by atoms with Gasteiger partial charge >= 0.3 is 52.1 Å². The van der Waals surface area contributed by atoms with Gasteiger partial charge in [-0.05, 0) is 0 Å². The molecular formula is CoLiNiO4Si+. The molecule has 47 valence electrons. The van der Waals surface area contributed by atoms with Crippen LogP contribution in [0.3, 0.4) is 0 Å². The van der Waals surface area contributed by atoms with Crippen molar-refractivity contribution in [2.75, 3.05) is 0 Å². The molecule has 0 amide bonds. The SMILES string of the molecule is [Co+2].[Li+].[Ni+2].[O-][Si]([O-])([O-])[O-]. The summed E-state index contributed by atoms with van der Waals surface area (Å²) < 4.78 is 0. The quantitative estimate of drug-likeness (QED) is 0.376. The number of hydrogen-bond acceptors (Lipinski definition) is 4. The fraction of sp³-hybridized carbons (Fsp3) is 0. The van der Waals surface area contributed by atoms with E-state index in [-0.39, 0.29) is 52.1 Å². The Bertz CT molecular complexity index is 31.5. The van der Waals surface area contributed by atoms with Crippen LogP contribution in [0, 0.1) is 0 Å². The fourth-order valence-corrected chi connectivity index (χ4v) is 0. The van der Waals surface area contributed by atoms with Crippen LogP contribution in [0.15, 0.2) is 0 Å². The van der Waals surface area contributed by atoms with Crippen LogP contribution in [-0.2, 0) is 33.3 Å². The van der Waals surface area contributed by atoms with E-state index in [2.05, 4.69) is 0 Å². The molecule has 0 aromatic carbocycles. The van der Waals surface area contributed by atoms with Crippen LogP contribution in [0.4, 0.5) is 0 Å². The summed E-state index contributed by atoms with van der Waals surface area (Å²) in [4.78, 5) is 34.3. The first-order chi connectivity index (χ1) is 2.00. The Labute approximate surface area is 80.1 Å². The smallest absolute Gasteiger partial charge is 0.894 e. The van der Waals surface area contributed by atoms with Gasteiger partial charge in [-0.3, -0.25) is 0 Å². The van der Waals surface area contributed by atoms with Gasteiger partial charge in [0.25, 0.3) is 0 Å². The Kier molecular flexibility index (Phi) is 24.5. The molecule has 0 saturated carbocycles. The van der Waals surface area contributed by atoms with Crippen LogP contribution < -0.4 is 38.0 Å². The van der Waals surface area contributed by atoms with E-state index in [1.165, 1.54) is 0 Å². The van der Waals surface area contributed by atoms with Crippen LogP contribution in [0.1, 0.15) is 0 Å². The first-order valence-corrected chi connectivity index (χ1v) is 2.45. The number of hydrogen-bond donors (Lipinski definition) is 0. The van der Waals surface area contributed by atoms with Crippen LogP contribution in [0.5, 0.6) is 0 Å². The zero-order valence-corrected chi connectivity index (χ0v) is 6.81. The second kappa shape index (κ2) is 8.65. The first-order valence-electron chi connectivity index (χ1n) is 0.816. The summed E-state index contributed by atoms with van der Waals surface area (Å²) in [6.07, 6.45) is 0. The van der Waals surface area contributed by atoms with E-state index in [0.29, 0.717) is 0 Å². The molecule has 0 unspecified atom stereocenters. The maximum atomic E-state index is 8.58. The predicted octanol–water partition coefficient (Wildman–Crippen LogP) is -8.14. The van der Waals surface area contributed by atoms with Crippen molar-refractivity contribution in [1.82, 2.24) is 0 Å². The molecule has 0 N–H and O–H groups in total. The Balaban J connectivity index is -0.0000000267. The molecule has 0 spiro atoms. The molecule has 0 bridgehead atoms. The van der Waals surface area contributed by atoms with Gasteiger partial charge in [0.05, 0.1) is 0 Å². The molecule has 0 aliphatic carbocycles. The molecule has 0 aromatic rings. The van der Waals surface area contributed by atoms with Crippen molar-refractivity contribution in [2.24, 2.45) is 0 Å². The van der Waals surface area contributed by atoms with Gasteiger partial charge < -0.3 is 28.2 Å². The third-order valence-corrected chi connectivity index (χ3v) is 0. The number of rotatable bonds is 0. The summed E-state index contributed by atoms with van der Waals surface area (Å²) >= 11 is 0. The molecule has 4 nitrogen and oxygen atoms in total. The van der Waals surface area contributed by atoms with E-state index >= 15 is 0 Å². The van der Waals surface area contributed by atoms with E-state index in [4.69, 9.17) is 19.2 Å². The second-order valence-electron chi connectivity index (χ2n) is 0.500. The van der Waals surface area contributed by atoms with Gasteiger partial charge in [-0.2, -0.15) is 0 Å². The Morgan fingerprint density at radius 1 is 0.875 bits per heavy atom. The Morgan fingerprint density at radius 2 is 0.875 bits per heavy atom. The summed E-state index contributed by atoms with van der Waals surface area (Å²) in [6.45, 7) is 0. The molecule has 0 aromatic heterocycles. The molecule has 0 aliphatic rings. The normalized spacial score (nSPS) is 7.50. The van der Waals surface area contributed by atoms with Gasteiger partial charge in [0.1, 0.15) is 0 Å². The Morgan fingerprint density at radius 3 is 0.875 bits per heavy atom. The molecule has 8 heavy (non-hydrogen) atoms. The van der Waals surface area contributed by atoms with E-state index < -0.39 is 9.05 Å². The van der Waals surface area contributed by atoms with Gasteiger partial charge in [0.15, 0.2) is 0 Å². The molecule has 8 heteroatoms. The summed E-state index contributed by atoms with van der Waals surface area (Å²) in [7, 11) is -5.61. The van der Waals surface area contributed by atoms with Crippen molar-refractivity contribution in [1.29, 1.82) is 0 Å². The summed E-state index contributed by atoms with van der Waals surface area (Å²) in [5.41, 5.74) is 0. The van der Waals surface area contributed by atoms with Gasteiger partial charge in [-0.25, -0.2) is 0 Å². The van der Waals surface area contributed by atoms with Gasteiger partial charge in [-0.1, -0.05) is 0 Å². The molecule has 0 fully saturated rings. The topological polar surface area (TPSA) is 92.2 Å². The average molecular weight is 217 g/mol. The van der Waals surface area contributed by atoms with E-state index in [9.17, 15) is 0 Å². The van der Waals surface area contributed by atoms with Crippen LogP contribution >= 0.6 is 0 Å². The molecule has 0 aliphatic heterocycles. The maximum Gasteiger partial charge on any atom is 2.00 e. The van der Waals surface area contributed by atoms with Gasteiger partial charge in [0.2, 0.25) is 0 Å². The average Bonchev–Trinajstić information content (AvgIpc) is 0.722. The van der Waals surface area contributed by atoms with E-state index in [1.807, 2.05) is 0 Å². The summed E-state index contributed by atoms with van der Waals surface area (Å²) in [5, 5.41) is 0. The van der Waals surface area contributed by atoms with Crippen molar-refractivity contribution in [2.45, 2.75) is 0 Å². The predicted molar refractivity (Wildman–Crippen MR) is 5.75 cm³/mol. The first kappa shape index (κ1) is 22.6. The van der Waals surface area contributed by atoms with Crippen LogP contribution in [-0.4, -0.2) is 9.05 Å². The minimum atomic E-state index is -5.61. The molecule has 0 saturated heterocycles. The minimum absolute atomic E-state index is 0. The maximum absolute atomic E-state index is 8.58. The van der Waals surface area contributed by atoms with E-state index in [1.54, 1.807) is 0 Å². The summed E-state index contributed by atoms with van der Waals surface area (Å²) in [6, 6.07) is 0. The zero-order chi connectivity index (χ0) is 4.50. The van der Waals surface area contributed by atoms with Crippen LogP contribution in [0.2, 0.25) is 0 Å². The van der Waals surface area contributed by atoms with Crippen molar-refractivity contribution in [3.05, 3.63) is 0 Å². The second-order valence-corrected chi connectivity index (χ2v) is 1.50. The van der Waals surface area contributed by atoms with Crippen molar-refractivity contribution in [3.8, 4) is 0 Å². The fourth-order valence-electron chi connectivity index (χ4n) is 0. The standard InChI is InChI=1S/Co.Li.Ni.O4Si/c;;;1-5(2,3)4/q+2;+1;+2;-4. The monoisotopic (exact) mass is 216 g/mol. The molecular weight excluding hydrogens is 217 g/mol. The van der Waals surface area contributed by atoms with Crippen LogP contribution in [0.25, 0.3) is 0 Å². The Hall–Kier alpha value is 1.65. The van der Waals surface area contributed by atoms with E-state index in [0.717, 1.165) is 0 Å². The van der Waals surface area contributed by atoms with Gasteiger partial charge in [-0.15, -0.1) is 0 Å². The molecule has 0 rings (SSSR count).